The van der Waals surface area contributed by atoms with Gasteiger partial charge in [0.05, 0.1) is 26.9 Å². The summed E-state index contributed by atoms with van der Waals surface area (Å²) in [7, 11) is 4.53. The molecular formula is C18H16O7. The Labute approximate surface area is 144 Å². The average Bonchev–Trinajstić information content (AvgIpc) is 3.05. The minimum atomic E-state index is -0.465. The molecule has 0 aromatic heterocycles. The largest absolute Gasteiger partial charge is 0.493 e. The number of methoxy groups -OCH3 is 3. The van der Waals surface area contributed by atoms with E-state index in [4.69, 9.17) is 28.4 Å². The SMILES string of the molecule is COc1cc2c(c(OC)c1OC)-c1cc3c(cc1COC2=O)OCO3. The Morgan fingerprint density at radius 1 is 0.840 bits per heavy atom. The smallest absolute Gasteiger partial charge is 0.339 e. The van der Waals surface area contributed by atoms with E-state index in [-0.39, 0.29) is 13.4 Å². The first-order valence-corrected chi connectivity index (χ1v) is 7.61. The van der Waals surface area contributed by atoms with Gasteiger partial charge >= 0.3 is 5.97 Å². The fourth-order valence-corrected chi connectivity index (χ4v) is 3.14. The van der Waals surface area contributed by atoms with Crippen LogP contribution in [0.5, 0.6) is 28.7 Å². The second-order valence-electron chi connectivity index (χ2n) is 5.51. The van der Waals surface area contributed by atoms with Gasteiger partial charge in [-0.15, -0.1) is 0 Å². The summed E-state index contributed by atoms with van der Waals surface area (Å²) in [6.07, 6.45) is 0. The van der Waals surface area contributed by atoms with Crippen molar-refractivity contribution < 1.29 is 33.2 Å². The van der Waals surface area contributed by atoms with Gasteiger partial charge in [0.15, 0.2) is 23.0 Å². The third kappa shape index (κ3) is 2.23. The normalized spacial score (nSPS) is 14.1. The zero-order valence-electron chi connectivity index (χ0n) is 14.0. The van der Waals surface area contributed by atoms with Crippen LogP contribution in [-0.2, 0) is 11.3 Å². The molecule has 0 aliphatic carbocycles. The van der Waals surface area contributed by atoms with Crippen LogP contribution in [0.25, 0.3) is 11.1 Å². The Morgan fingerprint density at radius 3 is 2.24 bits per heavy atom. The highest BCUT2D eigenvalue weighted by atomic mass is 16.7. The van der Waals surface area contributed by atoms with Crippen LogP contribution in [0, 0.1) is 0 Å². The lowest BCUT2D eigenvalue weighted by Crippen LogP contribution is -2.06. The molecule has 0 unspecified atom stereocenters. The number of esters is 1. The topological polar surface area (TPSA) is 72.5 Å². The van der Waals surface area contributed by atoms with E-state index >= 15 is 0 Å². The zero-order valence-corrected chi connectivity index (χ0v) is 14.0. The van der Waals surface area contributed by atoms with Gasteiger partial charge in [-0.05, 0) is 23.8 Å². The molecular weight excluding hydrogens is 328 g/mol. The molecule has 0 spiro atoms. The Morgan fingerprint density at radius 2 is 1.56 bits per heavy atom. The summed E-state index contributed by atoms with van der Waals surface area (Å²) in [5, 5.41) is 0. The van der Waals surface area contributed by atoms with Crippen molar-refractivity contribution in [1.29, 1.82) is 0 Å². The number of ether oxygens (including phenoxy) is 6. The van der Waals surface area contributed by atoms with E-state index in [9.17, 15) is 4.79 Å². The van der Waals surface area contributed by atoms with Crippen molar-refractivity contribution in [2.45, 2.75) is 6.61 Å². The summed E-state index contributed by atoms with van der Waals surface area (Å²) in [5.41, 5.74) is 2.48. The van der Waals surface area contributed by atoms with Crippen molar-refractivity contribution in [2.24, 2.45) is 0 Å². The van der Waals surface area contributed by atoms with E-state index in [0.29, 0.717) is 39.9 Å². The fourth-order valence-electron chi connectivity index (χ4n) is 3.14. The Kier molecular flexibility index (Phi) is 3.56. The molecule has 7 nitrogen and oxygen atoms in total. The van der Waals surface area contributed by atoms with Crippen LogP contribution in [0.2, 0.25) is 0 Å². The van der Waals surface area contributed by atoms with Gasteiger partial charge in [-0.3, -0.25) is 0 Å². The second-order valence-corrected chi connectivity index (χ2v) is 5.51. The standard InChI is InChI=1S/C18H16O7/c1-20-14-6-11-15(17(22-3)16(14)21-2)10-5-13-12(24-8-25-13)4-9(10)7-23-18(11)19/h4-6H,7-8H2,1-3H3. The highest BCUT2D eigenvalue weighted by molar-refractivity contribution is 6.02. The number of hydrogen-bond donors (Lipinski definition) is 0. The lowest BCUT2D eigenvalue weighted by Gasteiger charge is -2.18. The van der Waals surface area contributed by atoms with E-state index < -0.39 is 5.97 Å². The van der Waals surface area contributed by atoms with Gasteiger partial charge in [-0.1, -0.05) is 0 Å². The Bertz CT molecular complexity index is 872. The van der Waals surface area contributed by atoms with Crippen LogP contribution in [0.3, 0.4) is 0 Å². The summed E-state index contributed by atoms with van der Waals surface area (Å²) in [5.74, 6) is 1.96. The Balaban J connectivity index is 2.07. The van der Waals surface area contributed by atoms with Crippen molar-refractivity contribution in [1.82, 2.24) is 0 Å². The lowest BCUT2D eigenvalue weighted by atomic mass is 9.94. The first kappa shape index (κ1) is 15.4. The molecule has 130 valence electrons. The summed E-state index contributed by atoms with van der Waals surface area (Å²) in [6, 6.07) is 5.24. The van der Waals surface area contributed by atoms with E-state index in [1.54, 1.807) is 6.07 Å². The summed E-state index contributed by atoms with van der Waals surface area (Å²) in [6.45, 7) is 0.279. The molecule has 0 radical (unpaired) electrons. The number of carbonyl (C=O) groups is 1. The Hall–Kier alpha value is -3.09. The number of carbonyl (C=O) groups excluding carboxylic acids is 1. The fraction of sp³-hybridized carbons (Fsp3) is 0.278. The quantitative estimate of drug-likeness (QED) is 0.793. The number of rotatable bonds is 3. The molecule has 2 aliphatic heterocycles. The van der Waals surface area contributed by atoms with Crippen LogP contribution in [-0.4, -0.2) is 34.1 Å². The molecule has 4 rings (SSSR count). The predicted molar refractivity (Wildman–Crippen MR) is 86.8 cm³/mol. The van der Waals surface area contributed by atoms with E-state index in [2.05, 4.69) is 0 Å². The zero-order chi connectivity index (χ0) is 17.6. The van der Waals surface area contributed by atoms with Gasteiger partial charge in [-0.25, -0.2) is 4.79 Å². The van der Waals surface area contributed by atoms with Crippen LogP contribution in [0.1, 0.15) is 15.9 Å². The second kappa shape index (κ2) is 5.77. The van der Waals surface area contributed by atoms with Gasteiger partial charge in [0, 0.05) is 11.1 Å². The molecule has 0 amide bonds. The molecule has 0 fully saturated rings. The van der Waals surface area contributed by atoms with E-state index in [1.807, 2.05) is 12.1 Å². The monoisotopic (exact) mass is 344 g/mol. The maximum Gasteiger partial charge on any atom is 0.339 e. The minimum absolute atomic E-state index is 0.118. The van der Waals surface area contributed by atoms with E-state index in [1.165, 1.54) is 21.3 Å². The highest BCUT2D eigenvalue weighted by Gasteiger charge is 2.31. The number of fused-ring (bicyclic) bond motifs is 4. The summed E-state index contributed by atoms with van der Waals surface area (Å²) >= 11 is 0. The van der Waals surface area contributed by atoms with Crippen molar-refractivity contribution in [3.8, 4) is 39.9 Å². The van der Waals surface area contributed by atoms with Crippen LogP contribution in [0.15, 0.2) is 18.2 Å². The molecule has 7 heteroatoms. The average molecular weight is 344 g/mol. The first-order chi connectivity index (χ1) is 12.2. The molecule has 2 aliphatic rings. The molecule has 2 aromatic carbocycles. The summed E-state index contributed by atoms with van der Waals surface area (Å²) in [4.78, 5) is 12.5. The number of cyclic esters (lactones) is 1. The maximum absolute atomic E-state index is 12.5. The van der Waals surface area contributed by atoms with Gasteiger partial charge in [-0.2, -0.15) is 0 Å². The van der Waals surface area contributed by atoms with Crippen molar-refractivity contribution >= 4 is 5.97 Å². The highest BCUT2D eigenvalue weighted by Crippen LogP contribution is 2.50. The van der Waals surface area contributed by atoms with Gasteiger partial charge < -0.3 is 28.4 Å². The first-order valence-electron chi connectivity index (χ1n) is 7.61. The number of benzene rings is 2. The minimum Gasteiger partial charge on any atom is -0.493 e. The van der Waals surface area contributed by atoms with Crippen molar-refractivity contribution in [3.63, 3.8) is 0 Å². The van der Waals surface area contributed by atoms with Gasteiger partial charge in [0.2, 0.25) is 12.5 Å². The third-order valence-corrected chi connectivity index (χ3v) is 4.28. The van der Waals surface area contributed by atoms with E-state index in [0.717, 1.165) is 11.1 Å². The van der Waals surface area contributed by atoms with Gasteiger partial charge in [0.25, 0.3) is 0 Å². The molecule has 0 N–H and O–H groups in total. The summed E-state index contributed by atoms with van der Waals surface area (Å²) < 4.78 is 32.7. The maximum atomic E-state index is 12.5. The molecule has 2 heterocycles. The number of hydrogen-bond acceptors (Lipinski definition) is 7. The lowest BCUT2D eigenvalue weighted by molar-refractivity contribution is 0.0478. The van der Waals surface area contributed by atoms with Crippen LogP contribution >= 0.6 is 0 Å². The van der Waals surface area contributed by atoms with Gasteiger partial charge in [0.1, 0.15) is 6.61 Å². The predicted octanol–water partition coefficient (Wildman–Crippen LogP) is 2.78. The van der Waals surface area contributed by atoms with Crippen LogP contribution in [0.4, 0.5) is 0 Å². The third-order valence-electron chi connectivity index (χ3n) is 4.28. The van der Waals surface area contributed by atoms with Crippen LogP contribution < -0.4 is 23.7 Å². The molecule has 0 saturated carbocycles. The molecule has 0 bridgehead atoms. The molecule has 0 saturated heterocycles. The molecule has 25 heavy (non-hydrogen) atoms. The van der Waals surface area contributed by atoms with Crippen molar-refractivity contribution in [2.75, 3.05) is 28.1 Å². The molecule has 2 aromatic rings. The van der Waals surface area contributed by atoms with Crippen molar-refractivity contribution in [3.05, 3.63) is 29.3 Å². The molecule has 0 atom stereocenters.